The quantitative estimate of drug-likeness (QED) is 0.118. The third kappa shape index (κ3) is 5.56. The Labute approximate surface area is 268 Å². The topological polar surface area (TPSA) is 0 Å². The second-order valence-corrected chi connectivity index (χ2v) is 59.3. The van der Waals surface area contributed by atoms with Gasteiger partial charge in [-0.2, -0.15) is 0 Å². The monoisotopic (exact) mass is 762 g/mol. The first-order chi connectivity index (χ1) is 21.1. The van der Waals surface area contributed by atoms with Crippen molar-refractivity contribution in [1.82, 2.24) is 0 Å². The van der Waals surface area contributed by atoms with Gasteiger partial charge in [-0.3, -0.25) is 0 Å². The predicted octanol–water partition coefficient (Wildman–Crippen LogP) is 12.5. The van der Waals surface area contributed by atoms with Gasteiger partial charge in [0.05, 0.1) is 0 Å². The van der Waals surface area contributed by atoms with Crippen molar-refractivity contribution in [3.8, 4) is 22.3 Å². The average Bonchev–Trinajstić information content (AvgIpc) is 3.68. The maximum atomic E-state index is 2.85. The minimum absolute atomic E-state index is 0.392. The van der Waals surface area contributed by atoms with Crippen LogP contribution in [-0.2, 0) is 17.1 Å². The van der Waals surface area contributed by atoms with E-state index in [4.69, 9.17) is 0 Å². The summed E-state index contributed by atoms with van der Waals surface area (Å²) in [5, 5.41) is 0. The zero-order valence-corrected chi connectivity index (χ0v) is 32.6. The fourth-order valence-corrected chi connectivity index (χ4v) is 47.6. The van der Waals surface area contributed by atoms with Crippen LogP contribution in [0.1, 0.15) is 100 Å². The Kier molecular flexibility index (Phi) is 8.81. The summed E-state index contributed by atoms with van der Waals surface area (Å²) >= 11 is -3.68. The van der Waals surface area contributed by atoms with Gasteiger partial charge in [0.1, 0.15) is 0 Å². The van der Waals surface area contributed by atoms with Crippen molar-refractivity contribution < 1.29 is 17.1 Å². The van der Waals surface area contributed by atoms with Crippen molar-refractivity contribution in [2.45, 2.75) is 82.0 Å². The van der Waals surface area contributed by atoms with Crippen LogP contribution in [0.15, 0.2) is 97.1 Å². The molecule has 4 aromatic carbocycles. The Morgan fingerprint density at radius 2 is 1.05 bits per heavy atom. The SMILES string of the molecule is CCCC[SiH]=[Hf]([CH3])([CH3])([CH]1C=Cc2c(-c3ccc(C(C)C)cc3)cccc21)[CH]1C=Cc2c(-c3ccc(C(C)C)cc3)cccc21. The van der Waals surface area contributed by atoms with Crippen LogP contribution in [0.25, 0.3) is 34.4 Å². The van der Waals surface area contributed by atoms with E-state index in [1.54, 1.807) is 11.1 Å². The number of fused-ring (bicyclic) bond motifs is 2. The molecule has 0 heterocycles. The van der Waals surface area contributed by atoms with Gasteiger partial charge in [0, 0.05) is 0 Å². The van der Waals surface area contributed by atoms with Crippen molar-refractivity contribution in [3.63, 3.8) is 0 Å². The molecule has 0 saturated heterocycles. The van der Waals surface area contributed by atoms with Crippen LogP contribution in [0.3, 0.4) is 0 Å². The fourth-order valence-electron chi connectivity index (χ4n) is 8.07. The molecule has 0 aliphatic heterocycles. The number of unbranched alkanes of at least 4 members (excludes halogenated alkanes) is 1. The summed E-state index contributed by atoms with van der Waals surface area (Å²) in [5.74, 6) is 1.11. The molecule has 0 N–H and O–H groups in total. The summed E-state index contributed by atoms with van der Waals surface area (Å²) in [6.07, 6.45) is 13.4. The van der Waals surface area contributed by atoms with Gasteiger partial charge in [-0.1, -0.05) is 0 Å². The molecular formula is C42H50HfSi. The molecule has 0 bridgehead atoms. The Morgan fingerprint density at radius 1 is 0.614 bits per heavy atom. The molecule has 2 atom stereocenters. The van der Waals surface area contributed by atoms with E-state index in [0.29, 0.717) is 25.4 Å². The van der Waals surface area contributed by atoms with E-state index in [1.165, 1.54) is 63.4 Å². The van der Waals surface area contributed by atoms with Crippen LogP contribution in [0.4, 0.5) is 0 Å². The van der Waals surface area contributed by atoms with Gasteiger partial charge < -0.3 is 0 Å². The number of allylic oxidation sites excluding steroid dienone is 2. The third-order valence-corrected chi connectivity index (χ3v) is 53.5. The maximum absolute atomic E-state index is 3.68. The summed E-state index contributed by atoms with van der Waals surface area (Å²) in [6, 6.07) is 34.4. The predicted molar refractivity (Wildman–Crippen MR) is 194 cm³/mol. The first kappa shape index (κ1) is 31.4. The molecule has 44 heavy (non-hydrogen) atoms. The van der Waals surface area contributed by atoms with E-state index in [0.717, 1.165) is 0 Å². The molecule has 0 amide bonds. The van der Waals surface area contributed by atoms with Gasteiger partial charge >= 0.3 is 270 Å². The van der Waals surface area contributed by atoms with Crippen LogP contribution in [0.5, 0.6) is 0 Å². The average molecular weight is 761 g/mol. The molecule has 0 saturated carbocycles. The second kappa shape index (κ2) is 12.3. The van der Waals surface area contributed by atoms with Gasteiger partial charge in [-0.15, -0.1) is 0 Å². The van der Waals surface area contributed by atoms with Crippen molar-refractivity contribution in [2.75, 3.05) is 0 Å². The molecule has 0 spiro atoms. The summed E-state index contributed by atoms with van der Waals surface area (Å²) in [7, 11) is 0. The molecule has 226 valence electrons. The molecule has 0 nitrogen and oxygen atoms in total. The van der Waals surface area contributed by atoms with Gasteiger partial charge in [0.25, 0.3) is 0 Å². The molecule has 4 aromatic rings. The third-order valence-electron chi connectivity index (χ3n) is 10.9. The molecule has 0 aromatic heterocycles. The summed E-state index contributed by atoms with van der Waals surface area (Å²) in [6.45, 7) is 11.5. The van der Waals surface area contributed by atoms with Crippen molar-refractivity contribution in [3.05, 3.63) is 130 Å². The van der Waals surface area contributed by atoms with E-state index in [1.807, 2.05) is 0 Å². The van der Waals surface area contributed by atoms with Crippen LogP contribution in [0.2, 0.25) is 15.4 Å². The molecule has 2 unspecified atom stereocenters. The molecule has 0 radical (unpaired) electrons. The number of hydrogen-bond acceptors (Lipinski definition) is 0. The van der Waals surface area contributed by atoms with Gasteiger partial charge in [-0.05, 0) is 0 Å². The zero-order valence-electron chi connectivity index (χ0n) is 27.9. The number of benzene rings is 4. The van der Waals surface area contributed by atoms with Gasteiger partial charge in [0.2, 0.25) is 0 Å². The summed E-state index contributed by atoms with van der Waals surface area (Å²) in [4.78, 5) is 0. The van der Waals surface area contributed by atoms with Crippen molar-refractivity contribution in [1.29, 1.82) is 0 Å². The van der Waals surface area contributed by atoms with Crippen molar-refractivity contribution in [2.24, 2.45) is 0 Å². The van der Waals surface area contributed by atoms with E-state index in [9.17, 15) is 0 Å². The Balaban J connectivity index is 1.45. The van der Waals surface area contributed by atoms with Crippen molar-refractivity contribution >= 4 is 18.4 Å². The summed E-state index contributed by atoms with van der Waals surface area (Å²) < 4.78 is 6.87. The molecule has 2 aliphatic rings. The standard InChI is InChI=1S/2C18H17.C4H10Si.2CH3.Hf/c2*1-13(2)14-9-11-16(12-10-14)18-8-4-6-15-5-3-7-17(15)18;1-2-3-4-5;;;/h2*3-13H,1-2H3;5H,2-4H2,1H3;2*1H3;. The normalized spacial score (nSPS) is 17.4. The summed E-state index contributed by atoms with van der Waals surface area (Å²) in [5.41, 5.74) is 14.4. The molecular weight excluding hydrogens is 711 g/mol. The Morgan fingerprint density at radius 3 is 1.43 bits per heavy atom. The van der Waals surface area contributed by atoms with E-state index >= 15 is 0 Å². The molecule has 0 fully saturated rings. The van der Waals surface area contributed by atoms with Gasteiger partial charge in [-0.25, -0.2) is 0 Å². The second-order valence-electron chi connectivity index (χ2n) is 14.9. The Bertz CT molecular complexity index is 1670. The van der Waals surface area contributed by atoms with E-state index in [-0.39, 0.29) is 0 Å². The van der Waals surface area contributed by atoms with Crippen LogP contribution >= 0.6 is 0 Å². The number of hydrogen-bond donors (Lipinski definition) is 0. The minimum atomic E-state index is -3.68. The Hall–Kier alpha value is -2.55. The van der Waals surface area contributed by atoms with Crippen LogP contribution in [-0.4, -0.2) is 6.22 Å². The van der Waals surface area contributed by atoms with E-state index < -0.39 is 17.1 Å². The zero-order chi connectivity index (χ0) is 31.1. The van der Waals surface area contributed by atoms with Gasteiger partial charge in [0.15, 0.2) is 0 Å². The van der Waals surface area contributed by atoms with Crippen LogP contribution in [0, 0.1) is 0 Å². The molecule has 6 rings (SSSR count). The van der Waals surface area contributed by atoms with E-state index in [2.05, 4.69) is 153 Å². The first-order valence-electron chi connectivity index (χ1n) is 17.0. The first-order valence-corrected chi connectivity index (χ1v) is 35.9. The molecule has 2 heteroatoms. The van der Waals surface area contributed by atoms with Crippen LogP contribution < -0.4 is 0 Å². The number of rotatable bonds is 9. The fraction of sp³-hybridized carbons (Fsp3) is 0.333. The molecule has 2 aliphatic carbocycles.